The standard InChI is InChI=1S/C19H17N3O4S/c1-11-3-4-12(2)14(7-11)20-17(23)9-27-19-22-21-18(26-19)13-5-6-15-16(8-13)25-10-24-15/h3-8H,9-10H2,1-2H3,(H,20,23). The van der Waals surface area contributed by atoms with E-state index in [-0.39, 0.29) is 18.5 Å². The van der Waals surface area contributed by atoms with Gasteiger partial charge >= 0.3 is 0 Å². The van der Waals surface area contributed by atoms with E-state index in [9.17, 15) is 4.79 Å². The maximum Gasteiger partial charge on any atom is 0.277 e. The van der Waals surface area contributed by atoms with Crippen LogP contribution in [0.1, 0.15) is 11.1 Å². The third kappa shape index (κ3) is 3.90. The van der Waals surface area contributed by atoms with Crippen LogP contribution in [0.4, 0.5) is 5.69 Å². The summed E-state index contributed by atoms with van der Waals surface area (Å²) in [6.45, 7) is 4.15. The van der Waals surface area contributed by atoms with Crippen LogP contribution in [0, 0.1) is 13.8 Å². The number of anilines is 1. The Hall–Kier alpha value is -3.00. The lowest BCUT2D eigenvalue weighted by Crippen LogP contribution is -2.14. The molecule has 0 aliphatic carbocycles. The average molecular weight is 383 g/mol. The summed E-state index contributed by atoms with van der Waals surface area (Å²) in [6.07, 6.45) is 0. The molecule has 138 valence electrons. The zero-order valence-electron chi connectivity index (χ0n) is 14.8. The number of thioether (sulfide) groups is 1. The summed E-state index contributed by atoms with van der Waals surface area (Å²) < 4.78 is 16.3. The Morgan fingerprint density at radius 1 is 1.11 bits per heavy atom. The molecule has 1 aliphatic rings. The zero-order chi connectivity index (χ0) is 18.8. The van der Waals surface area contributed by atoms with Crippen LogP contribution in [0.25, 0.3) is 11.5 Å². The Labute approximate surface area is 160 Å². The number of hydrogen-bond acceptors (Lipinski definition) is 7. The van der Waals surface area contributed by atoms with Gasteiger partial charge in [0.15, 0.2) is 11.5 Å². The van der Waals surface area contributed by atoms with Crippen LogP contribution in [0.5, 0.6) is 11.5 Å². The van der Waals surface area contributed by atoms with Crippen LogP contribution in [0.3, 0.4) is 0 Å². The van der Waals surface area contributed by atoms with Crippen molar-refractivity contribution in [3.63, 3.8) is 0 Å². The van der Waals surface area contributed by atoms with E-state index < -0.39 is 0 Å². The molecule has 0 atom stereocenters. The highest BCUT2D eigenvalue weighted by Gasteiger charge is 2.17. The molecule has 2 heterocycles. The summed E-state index contributed by atoms with van der Waals surface area (Å²) in [7, 11) is 0. The molecule has 0 saturated heterocycles. The van der Waals surface area contributed by atoms with Gasteiger partial charge in [0.1, 0.15) is 0 Å². The lowest BCUT2D eigenvalue weighted by molar-refractivity contribution is -0.113. The van der Waals surface area contributed by atoms with Gasteiger partial charge in [-0.3, -0.25) is 4.79 Å². The van der Waals surface area contributed by atoms with E-state index >= 15 is 0 Å². The second-order valence-corrected chi connectivity index (χ2v) is 7.02. The predicted molar refractivity (Wildman–Crippen MR) is 101 cm³/mol. The molecule has 1 amide bonds. The van der Waals surface area contributed by atoms with Crippen molar-refractivity contribution in [2.24, 2.45) is 0 Å². The molecule has 4 rings (SSSR count). The van der Waals surface area contributed by atoms with E-state index in [0.29, 0.717) is 22.6 Å². The summed E-state index contributed by atoms with van der Waals surface area (Å²) in [5.41, 5.74) is 3.65. The Bertz CT molecular complexity index is 1000. The molecule has 0 spiro atoms. The average Bonchev–Trinajstić information content (AvgIpc) is 3.31. The molecule has 7 nitrogen and oxygen atoms in total. The van der Waals surface area contributed by atoms with E-state index in [1.165, 1.54) is 11.8 Å². The minimum atomic E-state index is -0.128. The van der Waals surface area contributed by atoms with Crippen molar-refractivity contribution in [2.75, 3.05) is 17.9 Å². The smallest absolute Gasteiger partial charge is 0.277 e. The Kier molecular flexibility index (Phi) is 4.72. The maximum absolute atomic E-state index is 12.2. The first-order valence-electron chi connectivity index (χ1n) is 8.32. The first kappa shape index (κ1) is 17.4. The number of fused-ring (bicyclic) bond motifs is 1. The lowest BCUT2D eigenvalue weighted by Gasteiger charge is -2.08. The van der Waals surface area contributed by atoms with E-state index in [1.54, 1.807) is 12.1 Å². The second-order valence-electron chi connectivity index (χ2n) is 6.10. The van der Waals surface area contributed by atoms with E-state index in [1.807, 2.05) is 38.1 Å². The lowest BCUT2D eigenvalue weighted by atomic mass is 10.1. The number of amides is 1. The Morgan fingerprint density at radius 2 is 1.96 bits per heavy atom. The van der Waals surface area contributed by atoms with Crippen LogP contribution < -0.4 is 14.8 Å². The number of hydrogen-bond donors (Lipinski definition) is 1. The van der Waals surface area contributed by atoms with E-state index in [4.69, 9.17) is 13.9 Å². The van der Waals surface area contributed by atoms with Gasteiger partial charge in [0.25, 0.3) is 5.22 Å². The summed E-state index contributed by atoms with van der Waals surface area (Å²) in [4.78, 5) is 12.2. The number of nitrogens with one attached hydrogen (secondary N) is 1. The van der Waals surface area contributed by atoms with E-state index in [2.05, 4.69) is 15.5 Å². The number of carbonyl (C=O) groups excluding carboxylic acids is 1. The van der Waals surface area contributed by atoms with Gasteiger partial charge in [0.2, 0.25) is 18.6 Å². The van der Waals surface area contributed by atoms with Gasteiger partial charge in [-0.2, -0.15) is 0 Å². The van der Waals surface area contributed by atoms with Gasteiger partial charge in [-0.15, -0.1) is 10.2 Å². The van der Waals surface area contributed by atoms with Crippen molar-refractivity contribution < 1.29 is 18.7 Å². The molecule has 1 aliphatic heterocycles. The first-order valence-corrected chi connectivity index (χ1v) is 9.30. The molecule has 0 saturated carbocycles. The third-order valence-electron chi connectivity index (χ3n) is 4.02. The highest BCUT2D eigenvalue weighted by molar-refractivity contribution is 7.99. The molecule has 1 N–H and O–H groups in total. The summed E-state index contributed by atoms with van der Waals surface area (Å²) >= 11 is 1.19. The molecule has 3 aromatic rings. The molecule has 0 bridgehead atoms. The van der Waals surface area contributed by atoms with Crippen LogP contribution in [-0.2, 0) is 4.79 Å². The fraction of sp³-hybridized carbons (Fsp3) is 0.211. The first-order chi connectivity index (χ1) is 13.1. The van der Waals surface area contributed by atoms with E-state index in [0.717, 1.165) is 22.4 Å². The number of carbonyl (C=O) groups is 1. The monoisotopic (exact) mass is 383 g/mol. The van der Waals surface area contributed by atoms with Crippen molar-refractivity contribution in [3.8, 4) is 23.0 Å². The van der Waals surface area contributed by atoms with Gasteiger partial charge in [0.05, 0.1) is 5.75 Å². The van der Waals surface area contributed by atoms with Gasteiger partial charge < -0.3 is 19.2 Å². The highest BCUT2D eigenvalue weighted by atomic mass is 32.2. The molecule has 0 unspecified atom stereocenters. The zero-order valence-corrected chi connectivity index (χ0v) is 15.6. The normalized spacial score (nSPS) is 12.2. The second kappa shape index (κ2) is 7.32. The van der Waals surface area contributed by atoms with Crippen LogP contribution in [-0.4, -0.2) is 28.7 Å². The predicted octanol–water partition coefficient (Wildman–Crippen LogP) is 3.81. The number of nitrogens with zero attached hydrogens (tertiary/aromatic N) is 2. The number of benzene rings is 2. The minimum Gasteiger partial charge on any atom is -0.454 e. The maximum atomic E-state index is 12.2. The van der Waals surface area contributed by atoms with Crippen molar-refractivity contribution in [1.29, 1.82) is 0 Å². The molecule has 0 fully saturated rings. The molecule has 27 heavy (non-hydrogen) atoms. The van der Waals surface area contributed by atoms with Crippen molar-refractivity contribution in [2.45, 2.75) is 19.1 Å². The fourth-order valence-corrected chi connectivity index (χ4v) is 3.16. The molecule has 0 radical (unpaired) electrons. The third-order valence-corrected chi connectivity index (χ3v) is 4.84. The van der Waals surface area contributed by atoms with Gasteiger partial charge in [-0.05, 0) is 49.2 Å². The summed E-state index contributed by atoms with van der Waals surface area (Å²) in [6, 6.07) is 11.3. The SMILES string of the molecule is Cc1ccc(C)c(NC(=O)CSc2nnc(-c3ccc4c(c3)OCO4)o2)c1. The summed E-state index contributed by atoms with van der Waals surface area (Å²) in [5.74, 6) is 1.75. The van der Waals surface area contributed by atoms with Gasteiger partial charge in [-0.25, -0.2) is 0 Å². The molecular weight excluding hydrogens is 366 g/mol. The van der Waals surface area contributed by atoms with Crippen molar-refractivity contribution in [1.82, 2.24) is 10.2 Å². The Morgan fingerprint density at radius 3 is 2.85 bits per heavy atom. The molecule has 2 aromatic carbocycles. The van der Waals surface area contributed by atoms with Gasteiger partial charge in [-0.1, -0.05) is 23.9 Å². The quantitative estimate of drug-likeness (QED) is 0.670. The fourth-order valence-electron chi connectivity index (χ4n) is 2.60. The number of aryl methyl sites for hydroxylation is 2. The molecule has 8 heteroatoms. The molecular formula is C19H17N3O4S. The van der Waals surface area contributed by atoms with Gasteiger partial charge in [0, 0.05) is 11.3 Å². The van der Waals surface area contributed by atoms with Crippen molar-refractivity contribution in [3.05, 3.63) is 47.5 Å². The molecule has 1 aromatic heterocycles. The number of ether oxygens (including phenoxy) is 2. The summed E-state index contributed by atoms with van der Waals surface area (Å²) in [5, 5.41) is 11.3. The highest BCUT2D eigenvalue weighted by Crippen LogP contribution is 2.36. The van der Waals surface area contributed by atoms with Crippen LogP contribution in [0.15, 0.2) is 46.0 Å². The van der Waals surface area contributed by atoms with Crippen LogP contribution >= 0.6 is 11.8 Å². The number of rotatable bonds is 5. The van der Waals surface area contributed by atoms with Crippen LogP contribution in [0.2, 0.25) is 0 Å². The van der Waals surface area contributed by atoms with Crippen molar-refractivity contribution >= 4 is 23.4 Å². The largest absolute Gasteiger partial charge is 0.454 e. The number of aromatic nitrogens is 2. The Balaban J connectivity index is 1.38. The topological polar surface area (TPSA) is 86.5 Å². The minimum absolute atomic E-state index is 0.128.